The minimum Gasteiger partial charge on any atom is -0.494 e. The van der Waals surface area contributed by atoms with Crippen LogP contribution in [0.1, 0.15) is 39.6 Å². The van der Waals surface area contributed by atoms with Crippen LogP contribution in [-0.4, -0.2) is 38.7 Å². The molecule has 0 aliphatic rings. The van der Waals surface area contributed by atoms with Gasteiger partial charge < -0.3 is 20.1 Å². The number of methoxy groups -OCH3 is 1. The van der Waals surface area contributed by atoms with Gasteiger partial charge in [-0.2, -0.15) is 0 Å². The number of rotatable bonds is 9. The lowest BCUT2D eigenvalue weighted by molar-refractivity contribution is 0.0949. The first-order chi connectivity index (χ1) is 13.1. The van der Waals surface area contributed by atoms with Crippen LogP contribution in [0.3, 0.4) is 0 Å². The Kier molecular flexibility index (Phi) is 7.82. The van der Waals surface area contributed by atoms with Gasteiger partial charge in [-0.05, 0) is 56.2 Å². The summed E-state index contributed by atoms with van der Waals surface area (Å²) in [6.45, 7) is 5.46. The van der Waals surface area contributed by atoms with Crippen LogP contribution in [0, 0.1) is 6.92 Å². The van der Waals surface area contributed by atoms with Gasteiger partial charge in [0.15, 0.2) is 0 Å². The van der Waals surface area contributed by atoms with Gasteiger partial charge in [0, 0.05) is 25.8 Å². The number of ether oxygens (including phenoxy) is 2. The molecule has 6 heteroatoms. The molecule has 144 valence electrons. The quantitative estimate of drug-likeness (QED) is 0.663. The molecule has 0 saturated carbocycles. The number of carbonyl (C=O) groups is 2. The SMILES string of the molecule is CCOc1ccc(C(=O)Nc2ccccc2C(=O)NCCCOC)cc1C. The Bertz CT molecular complexity index is 790. The summed E-state index contributed by atoms with van der Waals surface area (Å²) in [7, 11) is 1.62. The number of anilines is 1. The second kappa shape index (κ2) is 10.3. The smallest absolute Gasteiger partial charge is 0.255 e. The molecule has 0 unspecified atom stereocenters. The Balaban J connectivity index is 2.09. The summed E-state index contributed by atoms with van der Waals surface area (Å²) < 4.78 is 10.5. The van der Waals surface area contributed by atoms with Crippen LogP contribution in [0.2, 0.25) is 0 Å². The first kappa shape index (κ1) is 20.5. The van der Waals surface area contributed by atoms with Gasteiger partial charge in [0.25, 0.3) is 11.8 Å². The second-order valence-electron chi connectivity index (χ2n) is 6.02. The molecule has 6 nitrogen and oxygen atoms in total. The first-order valence-electron chi connectivity index (χ1n) is 8.97. The maximum absolute atomic E-state index is 12.6. The number of para-hydroxylation sites is 1. The molecule has 0 heterocycles. The van der Waals surface area contributed by atoms with Gasteiger partial charge in [0.05, 0.1) is 17.9 Å². The summed E-state index contributed by atoms with van der Waals surface area (Å²) in [4.78, 5) is 25.0. The number of benzene rings is 2. The van der Waals surface area contributed by atoms with Crippen LogP contribution in [-0.2, 0) is 4.74 Å². The van der Waals surface area contributed by atoms with Crippen LogP contribution < -0.4 is 15.4 Å². The van der Waals surface area contributed by atoms with E-state index < -0.39 is 0 Å². The van der Waals surface area contributed by atoms with Gasteiger partial charge in [-0.15, -0.1) is 0 Å². The molecule has 0 aromatic heterocycles. The van der Waals surface area contributed by atoms with E-state index in [9.17, 15) is 9.59 Å². The number of hydrogen-bond donors (Lipinski definition) is 2. The molecule has 27 heavy (non-hydrogen) atoms. The lowest BCUT2D eigenvalue weighted by Gasteiger charge is -2.13. The Morgan fingerprint density at radius 2 is 1.85 bits per heavy atom. The molecular weight excluding hydrogens is 344 g/mol. The van der Waals surface area contributed by atoms with Crippen molar-refractivity contribution in [2.24, 2.45) is 0 Å². The molecule has 0 radical (unpaired) electrons. The van der Waals surface area contributed by atoms with Gasteiger partial charge >= 0.3 is 0 Å². The van der Waals surface area contributed by atoms with Gasteiger partial charge in [0.2, 0.25) is 0 Å². The first-order valence-corrected chi connectivity index (χ1v) is 8.97. The highest BCUT2D eigenvalue weighted by atomic mass is 16.5. The molecule has 0 atom stereocenters. The maximum atomic E-state index is 12.6. The molecule has 0 bridgehead atoms. The third-order valence-electron chi connectivity index (χ3n) is 3.97. The number of carbonyl (C=O) groups excluding carboxylic acids is 2. The van der Waals surface area contributed by atoms with E-state index in [1.807, 2.05) is 13.8 Å². The molecule has 2 amide bonds. The number of hydrogen-bond acceptors (Lipinski definition) is 4. The van der Waals surface area contributed by atoms with Crippen molar-refractivity contribution in [2.45, 2.75) is 20.3 Å². The van der Waals surface area contributed by atoms with E-state index in [2.05, 4.69) is 10.6 Å². The molecule has 0 fully saturated rings. The Morgan fingerprint density at radius 3 is 2.56 bits per heavy atom. The third-order valence-corrected chi connectivity index (χ3v) is 3.97. The largest absolute Gasteiger partial charge is 0.494 e. The highest BCUT2D eigenvalue weighted by Gasteiger charge is 2.14. The van der Waals surface area contributed by atoms with Crippen molar-refractivity contribution in [3.8, 4) is 5.75 Å². The summed E-state index contributed by atoms with van der Waals surface area (Å²) in [5, 5.41) is 5.65. The van der Waals surface area contributed by atoms with Gasteiger partial charge in [-0.25, -0.2) is 0 Å². The molecule has 0 saturated heterocycles. The third kappa shape index (κ3) is 5.82. The van der Waals surface area contributed by atoms with Crippen molar-refractivity contribution < 1.29 is 19.1 Å². The standard InChI is InChI=1S/C21H26N2O4/c1-4-27-19-11-10-16(14-15(19)2)20(24)23-18-9-6-5-8-17(18)21(25)22-12-7-13-26-3/h5-6,8-11,14H,4,7,12-13H2,1-3H3,(H,22,25)(H,23,24). The van der Waals surface area contributed by atoms with Crippen LogP contribution in [0.5, 0.6) is 5.75 Å². The molecule has 0 spiro atoms. The topological polar surface area (TPSA) is 76.7 Å². The van der Waals surface area contributed by atoms with E-state index in [-0.39, 0.29) is 11.8 Å². The van der Waals surface area contributed by atoms with Crippen LogP contribution in [0.25, 0.3) is 0 Å². The zero-order chi connectivity index (χ0) is 19.6. The second-order valence-corrected chi connectivity index (χ2v) is 6.02. The predicted molar refractivity (Wildman–Crippen MR) is 106 cm³/mol. The average molecular weight is 370 g/mol. The minimum atomic E-state index is -0.277. The van der Waals surface area contributed by atoms with Crippen molar-refractivity contribution in [1.29, 1.82) is 0 Å². The van der Waals surface area contributed by atoms with E-state index in [0.717, 1.165) is 17.7 Å². The molecule has 2 aromatic carbocycles. The lowest BCUT2D eigenvalue weighted by atomic mass is 10.1. The van der Waals surface area contributed by atoms with Gasteiger partial charge in [-0.1, -0.05) is 12.1 Å². The predicted octanol–water partition coefficient (Wildman–Crippen LogP) is 3.41. The number of amides is 2. The molecule has 2 rings (SSSR count). The van der Waals surface area contributed by atoms with Gasteiger partial charge in [0.1, 0.15) is 5.75 Å². The van der Waals surface area contributed by atoms with Crippen LogP contribution in [0.15, 0.2) is 42.5 Å². The summed E-state index contributed by atoms with van der Waals surface area (Å²) >= 11 is 0. The fourth-order valence-electron chi connectivity index (χ4n) is 2.61. The van der Waals surface area contributed by atoms with Crippen molar-refractivity contribution in [2.75, 3.05) is 32.2 Å². The van der Waals surface area contributed by atoms with E-state index in [1.54, 1.807) is 49.6 Å². The summed E-state index contributed by atoms with van der Waals surface area (Å²) in [5.41, 5.74) is 2.28. The Morgan fingerprint density at radius 1 is 1.07 bits per heavy atom. The Labute approximate surface area is 159 Å². The molecule has 2 aromatic rings. The zero-order valence-electron chi connectivity index (χ0n) is 16.0. The Hall–Kier alpha value is -2.86. The fraction of sp³-hybridized carbons (Fsp3) is 0.333. The monoisotopic (exact) mass is 370 g/mol. The van der Waals surface area contributed by atoms with Crippen molar-refractivity contribution >= 4 is 17.5 Å². The molecule has 2 N–H and O–H groups in total. The zero-order valence-corrected chi connectivity index (χ0v) is 16.0. The fourth-order valence-corrected chi connectivity index (χ4v) is 2.61. The lowest BCUT2D eigenvalue weighted by Crippen LogP contribution is -2.26. The van der Waals surface area contributed by atoms with Crippen LogP contribution in [0.4, 0.5) is 5.69 Å². The van der Waals surface area contributed by atoms with E-state index in [0.29, 0.717) is 36.6 Å². The van der Waals surface area contributed by atoms with Crippen molar-refractivity contribution in [3.63, 3.8) is 0 Å². The van der Waals surface area contributed by atoms with E-state index >= 15 is 0 Å². The average Bonchev–Trinajstić information content (AvgIpc) is 2.67. The number of nitrogens with one attached hydrogen (secondary N) is 2. The van der Waals surface area contributed by atoms with E-state index in [1.165, 1.54) is 0 Å². The molecular formula is C21H26N2O4. The highest BCUT2D eigenvalue weighted by molar-refractivity contribution is 6.09. The van der Waals surface area contributed by atoms with Crippen molar-refractivity contribution in [3.05, 3.63) is 59.2 Å². The van der Waals surface area contributed by atoms with E-state index in [4.69, 9.17) is 9.47 Å². The highest BCUT2D eigenvalue weighted by Crippen LogP contribution is 2.21. The minimum absolute atomic E-state index is 0.232. The molecule has 0 aliphatic heterocycles. The van der Waals surface area contributed by atoms with Gasteiger partial charge in [-0.3, -0.25) is 9.59 Å². The summed E-state index contributed by atoms with van der Waals surface area (Å²) in [6.07, 6.45) is 0.724. The van der Waals surface area contributed by atoms with Crippen LogP contribution >= 0.6 is 0 Å². The normalized spacial score (nSPS) is 10.3. The van der Waals surface area contributed by atoms with Crippen molar-refractivity contribution in [1.82, 2.24) is 5.32 Å². The summed E-state index contributed by atoms with van der Waals surface area (Å²) in [5.74, 6) is 0.246. The maximum Gasteiger partial charge on any atom is 0.255 e. The molecule has 0 aliphatic carbocycles. The number of aryl methyl sites for hydroxylation is 1. The summed E-state index contributed by atoms with van der Waals surface area (Å²) in [6, 6.07) is 12.2.